The molecule has 212 valence electrons. The molecule has 7 heteroatoms. The Morgan fingerprint density at radius 3 is 2.37 bits per heavy atom. The van der Waals surface area contributed by atoms with Crippen LogP contribution in [0.15, 0.2) is 78.9 Å². The van der Waals surface area contributed by atoms with E-state index in [0.717, 1.165) is 11.1 Å². The van der Waals surface area contributed by atoms with Crippen molar-refractivity contribution in [2.24, 2.45) is 5.92 Å². The maximum atomic E-state index is 12.4. The minimum Gasteiger partial charge on any atom is -0.507 e. The van der Waals surface area contributed by atoms with Gasteiger partial charge in [-0.3, -0.25) is 4.79 Å². The normalized spacial score (nSPS) is 23.7. The SMILES string of the molecule is COc1c(C(C)=O)cc(OC)c2c(O)c([C@H]3O[C@@H]4COC(c5ccccc5)[C@H]3C[C@@H]4OCc3ccccc3)ccc12. The van der Waals surface area contributed by atoms with E-state index < -0.39 is 6.10 Å². The Morgan fingerprint density at radius 2 is 1.68 bits per heavy atom. The van der Waals surface area contributed by atoms with Crippen molar-refractivity contribution in [2.45, 2.75) is 44.4 Å². The third-order valence-electron chi connectivity index (χ3n) is 8.22. The van der Waals surface area contributed by atoms with Crippen LogP contribution in [-0.2, 0) is 20.8 Å². The molecule has 3 heterocycles. The van der Waals surface area contributed by atoms with Crippen LogP contribution in [-0.4, -0.2) is 43.9 Å². The zero-order chi connectivity index (χ0) is 28.5. The third kappa shape index (κ3) is 5.05. The lowest BCUT2D eigenvalue weighted by Gasteiger charge is -2.40. The van der Waals surface area contributed by atoms with Gasteiger partial charge in [0.25, 0.3) is 0 Å². The number of hydrogen-bond acceptors (Lipinski definition) is 7. The molecule has 1 unspecified atom stereocenters. The Bertz CT molecular complexity index is 1540. The summed E-state index contributed by atoms with van der Waals surface area (Å²) >= 11 is 0. The van der Waals surface area contributed by atoms with Crippen molar-refractivity contribution < 1.29 is 33.6 Å². The van der Waals surface area contributed by atoms with E-state index in [0.29, 0.717) is 53.0 Å². The topological polar surface area (TPSA) is 83.5 Å². The fourth-order valence-electron chi connectivity index (χ4n) is 6.25. The first-order valence-corrected chi connectivity index (χ1v) is 13.9. The van der Waals surface area contributed by atoms with E-state index >= 15 is 0 Å². The smallest absolute Gasteiger partial charge is 0.163 e. The van der Waals surface area contributed by atoms with Crippen molar-refractivity contribution in [3.8, 4) is 17.2 Å². The molecule has 0 radical (unpaired) electrons. The van der Waals surface area contributed by atoms with E-state index in [1.54, 1.807) is 6.07 Å². The van der Waals surface area contributed by atoms with Crippen molar-refractivity contribution in [1.29, 1.82) is 0 Å². The quantitative estimate of drug-likeness (QED) is 0.247. The number of hydrogen-bond donors (Lipinski definition) is 1. The van der Waals surface area contributed by atoms with Crippen molar-refractivity contribution in [3.63, 3.8) is 0 Å². The van der Waals surface area contributed by atoms with E-state index in [4.69, 9.17) is 23.7 Å². The summed E-state index contributed by atoms with van der Waals surface area (Å²) in [5, 5.41) is 12.9. The zero-order valence-corrected chi connectivity index (χ0v) is 23.4. The maximum absolute atomic E-state index is 12.4. The number of benzene rings is 4. The minimum atomic E-state index is -0.461. The summed E-state index contributed by atoms with van der Waals surface area (Å²) in [5.41, 5.74) is 3.19. The first-order valence-electron chi connectivity index (χ1n) is 13.9. The summed E-state index contributed by atoms with van der Waals surface area (Å²) in [6.45, 7) is 2.34. The number of phenols is 1. The van der Waals surface area contributed by atoms with Crippen LogP contribution >= 0.6 is 0 Å². The van der Waals surface area contributed by atoms with Gasteiger partial charge in [0.2, 0.25) is 0 Å². The number of aromatic hydroxyl groups is 1. The van der Waals surface area contributed by atoms with Crippen molar-refractivity contribution in [3.05, 3.63) is 101 Å². The zero-order valence-electron chi connectivity index (χ0n) is 23.4. The standard InChI is InChI=1S/C34H34O7/c1-20(35)25-16-28(37-2)30-23(33(25)38-3)14-15-24(31(30)36)34-26-17-27(39-18-21-10-6-4-7-11-21)29(41-34)19-40-32(26)22-12-8-5-9-13-22/h4-16,26-27,29,32,34,36H,17-19H2,1-3H3/t26-,27+,29-,32?,34-/m1/s1. The molecule has 7 rings (SSSR count). The largest absolute Gasteiger partial charge is 0.507 e. The number of ketones is 1. The lowest BCUT2D eigenvalue weighted by atomic mass is 9.80. The molecule has 0 amide bonds. The van der Waals surface area contributed by atoms with Gasteiger partial charge in [0.05, 0.1) is 56.7 Å². The van der Waals surface area contributed by atoms with Gasteiger partial charge in [0.15, 0.2) is 5.78 Å². The van der Waals surface area contributed by atoms with Gasteiger partial charge in [-0.05, 0) is 36.6 Å². The Labute approximate surface area is 239 Å². The molecule has 3 saturated heterocycles. The Kier molecular flexibility index (Phi) is 7.67. The monoisotopic (exact) mass is 554 g/mol. The second kappa shape index (κ2) is 11.5. The Balaban J connectivity index is 1.42. The van der Waals surface area contributed by atoms with Gasteiger partial charge in [-0.25, -0.2) is 0 Å². The molecule has 3 aliphatic heterocycles. The predicted molar refractivity (Wildman–Crippen MR) is 155 cm³/mol. The summed E-state index contributed by atoms with van der Waals surface area (Å²) in [5.74, 6) is 0.547. The van der Waals surface area contributed by atoms with Crippen LogP contribution in [0.3, 0.4) is 0 Å². The summed E-state index contributed by atoms with van der Waals surface area (Å²) in [4.78, 5) is 12.4. The lowest BCUT2D eigenvalue weighted by molar-refractivity contribution is -0.159. The average Bonchev–Trinajstić information content (AvgIpc) is 3.30. The number of ether oxygens (including phenoxy) is 5. The molecule has 0 aromatic heterocycles. The van der Waals surface area contributed by atoms with Crippen LogP contribution in [0.1, 0.15) is 52.6 Å². The number of rotatable bonds is 8. The third-order valence-corrected chi connectivity index (χ3v) is 8.22. The average molecular weight is 555 g/mol. The predicted octanol–water partition coefficient (Wildman–Crippen LogP) is 6.57. The van der Waals surface area contributed by atoms with E-state index in [2.05, 4.69) is 12.1 Å². The maximum Gasteiger partial charge on any atom is 0.163 e. The molecule has 0 saturated carbocycles. The molecule has 0 spiro atoms. The van der Waals surface area contributed by atoms with Gasteiger partial charge < -0.3 is 28.8 Å². The molecule has 4 aromatic carbocycles. The summed E-state index contributed by atoms with van der Waals surface area (Å²) in [7, 11) is 3.04. The number of carbonyl (C=O) groups excluding carboxylic acids is 1. The van der Waals surface area contributed by atoms with Crippen LogP contribution in [0.25, 0.3) is 10.8 Å². The number of Topliss-reactive ketones (excluding diaryl/α,β-unsaturated/α-hetero) is 1. The molecule has 41 heavy (non-hydrogen) atoms. The molecular weight excluding hydrogens is 520 g/mol. The van der Waals surface area contributed by atoms with E-state index in [-0.39, 0.29) is 35.8 Å². The summed E-state index contributed by atoms with van der Waals surface area (Å²) in [6.07, 6.45) is -0.496. The number of carbonyl (C=O) groups is 1. The summed E-state index contributed by atoms with van der Waals surface area (Å²) in [6, 6.07) is 25.6. The fraction of sp³-hybridized carbons (Fsp3) is 0.324. The highest BCUT2D eigenvalue weighted by Gasteiger charge is 2.48. The highest BCUT2D eigenvalue weighted by molar-refractivity contribution is 6.08. The van der Waals surface area contributed by atoms with Gasteiger partial charge in [0.1, 0.15) is 23.4 Å². The molecule has 4 aromatic rings. The number of fused-ring (bicyclic) bond motifs is 5. The van der Waals surface area contributed by atoms with Crippen LogP contribution in [0.5, 0.6) is 17.2 Å². The molecule has 3 fully saturated rings. The Hall–Kier alpha value is -3.91. The highest BCUT2D eigenvalue weighted by atomic mass is 16.6. The molecule has 7 nitrogen and oxygen atoms in total. The van der Waals surface area contributed by atoms with Crippen LogP contribution in [0, 0.1) is 5.92 Å². The first-order chi connectivity index (χ1) is 20.0. The lowest BCUT2D eigenvalue weighted by Crippen LogP contribution is -2.41. The molecule has 5 atom stereocenters. The minimum absolute atomic E-state index is 0.0406. The second-order valence-corrected chi connectivity index (χ2v) is 10.6. The molecule has 2 bridgehead atoms. The van der Waals surface area contributed by atoms with Gasteiger partial charge >= 0.3 is 0 Å². The van der Waals surface area contributed by atoms with Gasteiger partial charge in [-0.15, -0.1) is 0 Å². The van der Waals surface area contributed by atoms with Gasteiger partial charge in [0, 0.05) is 16.9 Å². The van der Waals surface area contributed by atoms with E-state index in [1.807, 2.05) is 60.7 Å². The highest BCUT2D eigenvalue weighted by Crippen LogP contribution is 2.53. The van der Waals surface area contributed by atoms with Crippen LogP contribution in [0.2, 0.25) is 0 Å². The first kappa shape index (κ1) is 27.3. The Morgan fingerprint density at radius 1 is 0.951 bits per heavy atom. The van der Waals surface area contributed by atoms with Crippen molar-refractivity contribution in [1.82, 2.24) is 0 Å². The van der Waals surface area contributed by atoms with Crippen LogP contribution in [0.4, 0.5) is 0 Å². The fourth-order valence-corrected chi connectivity index (χ4v) is 6.25. The van der Waals surface area contributed by atoms with Crippen molar-refractivity contribution in [2.75, 3.05) is 20.8 Å². The second-order valence-electron chi connectivity index (χ2n) is 10.6. The van der Waals surface area contributed by atoms with Crippen LogP contribution < -0.4 is 9.47 Å². The molecule has 3 aliphatic rings. The van der Waals surface area contributed by atoms with Crippen molar-refractivity contribution >= 4 is 16.6 Å². The number of methoxy groups -OCH3 is 2. The van der Waals surface area contributed by atoms with Gasteiger partial charge in [-0.1, -0.05) is 66.7 Å². The number of phenolic OH excluding ortho intramolecular Hbond substituents is 1. The molecule has 0 aliphatic carbocycles. The molecular formula is C34H34O7. The van der Waals surface area contributed by atoms with Gasteiger partial charge in [-0.2, -0.15) is 0 Å². The summed E-state index contributed by atoms with van der Waals surface area (Å²) < 4.78 is 30.9. The van der Waals surface area contributed by atoms with E-state index in [1.165, 1.54) is 21.1 Å². The van der Waals surface area contributed by atoms with E-state index in [9.17, 15) is 9.90 Å². The molecule has 1 N–H and O–H groups in total.